The van der Waals surface area contributed by atoms with Crippen molar-refractivity contribution < 1.29 is 8.42 Å². The van der Waals surface area contributed by atoms with Gasteiger partial charge in [-0.2, -0.15) is 0 Å². The van der Waals surface area contributed by atoms with E-state index in [9.17, 15) is 8.42 Å². The van der Waals surface area contributed by atoms with Gasteiger partial charge < -0.3 is 4.90 Å². The molecule has 31 heavy (non-hydrogen) atoms. The van der Waals surface area contributed by atoms with Gasteiger partial charge in [0.1, 0.15) is 0 Å². The Morgan fingerprint density at radius 3 is 2.65 bits per heavy atom. The van der Waals surface area contributed by atoms with Gasteiger partial charge in [0.25, 0.3) is 0 Å². The van der Waals surface area contributed by atoms with Gasteiger partial charge in [-0.05, 0) is 61.6 Å². The molecule has 0 spiro atoms. The summed E-state index contributed by atoms with van der Waals surface area (Å²) in [6, 6.07) is 11.3. The maximum atomic E-state index is 13.1. The van der Waals surface area contributed by atoms with Crippen LogP contribution < -0.4 is 4.90 Å². The van der Waals surface area contributed by atoms with Crippen molar-refractivity contribution in [2.75, 3.05) is 18.0 Å². The normalized spacial score (nSPS) is 15.4. The number of hydrogen-bond acceptors (Lipinski definition) is 5. The van der Waals surface area contributed by atoms with Gasteiger partial charge in [-0.3, -0.25) is 0 Å². The Bertz CT molecular complexity index is 1200. The lowest BCUT2D eigenvalue weighted by Crippen LogP contribution is -2.39. The van der Waals surface area contributed by atoms with Crippen molar-refractivity contribution in [2.45, 2.75) is 43.3 Å². The molecule has 2 heterocycles. The van der Waals surface area contributed by atoms with E-state index in [-0.39, 0.29) is 9.92 Å². The first-order valence-electron chi connectivity index (χ1n) is 10.2. The van der Waals surface area contributed by atoms with Crippen molar-refractivity contribution in [3.8, 4) is 0 Å². The Morgan fingerprint density at radius 1 is 1.19 bits per heavy atom. The highest BCUT2D eigenvalue weighted by Crippen LogP contribution is 2.33. The quantitative estimate of drug-likeness (QED) is 0.387. The minimum absolute atomic E-state index is 0.223. The van der Waals surface area contributed by atoms with Crippen LogP contribution in [0.3, 0.4) is 0 Å². The summed E-state index contributed by atoms with van der Waals surface area (Å²) >= 11 is 11.2. The van der Waals surface area contributed by atoms with Crippen LogP contribution in [-0.2, 0) is 16.3 Å². The number of halogens is 2. The van der Waals surface area contributed by atoms with Gasteiger partial charge in [0.2, 0.25) is 0 Å². The molecule has 0 unspecified atom stereocenters. The number of aryl methyl sites for hydroxylation is 1. The fourth-order valence-electron chi connectivity index (χ4n) is 3.96. The molecule has 0 saturated carbocycles. The van der Waals surface area contributed by atoms with E-state index in [1.54, 1.807) is 29.5 Å². The average Bonchev–Trinajstić information content (AvgIpc) is 3.20. The second kappa shape index (κ2) is 9.22. The van der Waals surface area contributed by atoms with Crippen LogP contribution in [0.25, 0.3) is 0 Å². The Kier molecular flexibility index (Phi) is 6.77. The van der Waals surface area contributed by atoms with Gasteiger partial charge in [-0.1, -0.05) is 45.7 Å². The molecule has 0 atom stereocenters. The number of nitrogens with zero attached hydrogens (tertiary/aromatic N) is 2. The van der Waals surface area contributed by atoms with Gasteiger partial charge in [-0.25, -0.2) is 13.4 Å². The van der Waals surface area contributed by atoms with Gasteiger partial charge in [0.05, 0.1) is 20.9 Å². The predicted molar refractivity (Wildman–Crippen MR) is 132 cm³/mol. The summed E-state index contributed by atoms with van der Waals surface area (Å²) in [7, 11) is -3.46. The number of aromatic nitrogens is 1. The van der Waals surface area contributed by atoms with E-state index in [0.717, 1.165) is 21.7 Å². The van der Waals surface area contributed by atoms with Crippen molar-refractivity contribution in [3.05, 3.63) is 73.7 Å². The second-order valence-corrected chi connectivity index (χ2v) is 12.3. The van der Waals surface area contributed by atoms with Crippen molar-refractivity contribution >= 4 is 53.8 Å². The molecule has 0 amide bonds. The molecule has 0 bridgehead atoms. The largest absolute Gasteiger partial charge is 0.348 e. The van der Waals surface area contributed by atoms with E-state index >= 15 is 0 Å². The molecule has 1 aromatic heterocycles. The number of rotatable bonds is 5. The van der Waals surface area contributed by atoms with Crippen molar-refractivity contribution in [3.63, 3.8) is 0 Å². The third-order valence-electron chi connectivity index (χ3n) is 5.98. The van der Waals surface area contributed by atoms with Crippen LogP contribution in [0.2, 0.25) is 5.02 Å². The van der Waals surface area contributed by atoms with Crippen LogP contribution in [0.15, 0.2) is 51.1 Å². The van der Waals surface area contributed by atoms with E-state index in [1.807, 2.05) is 0 Å². The number of hydrogen-bond donors (Lipinski definition) is 0. The lowest BCUT2D eigenvalue weighted by Gasteiger charge is -2.31. The summed E-state index contributed by atoms with van der Waals surface area (Å²) in [6.07, 6.45) is 1.96. The standard InChI is InChI=1S/C23H24BrClN2O2S2/c1-15-4-3-5-17(16(15)2)12-19-14-30-23(26-19)27-10-8-20(9-11-27)31(28,29)22-7-6-18(24)13-21(22)25/h3-7,13-14,20H,8-12H2,1-2H3. The molecule has 0 N–H and O–H groups in total. The van der Waals surface area contributed by atoms with Crippen molar-refractivity contribution in [1.29, 1.82) is 0 Å². The van der Waals surface area contributed by atoms with Crippen LogP contribution in [0.1, 0.15) is 35.2 Å². The highest BCUT2D eigenvalue weighted by atomic mass is 79.9. The van der Waals surface area contributed by atoms with Gasteiger partial charge >= 0.3 is 0 Å². The highest BCUT2D eigenvalue weighted by molar-refractivity contribution is 9.10. The van der Waals surface area contributed by atoms with E-state index in [4.69, 9.17) is 16.6 Å². The fraction of sp³-hybridized carbons (Fsp3) is 0.348. The molecule has 0 radical (unpaired) electrons. The van der Waals surface area contributed by atoms with Crippen LogP contribution in [-0.4, -0.2) is 31.7 Å². The maximum absolute atomic E-state index is 13.1. The molecule has 8 heteroatoms. The first-order chi connectivity index (χ1) is 14.8. The highest BCUT2D eigenvalue weighted by Gasteiger charge is 2.33. The monoisotopic (exact) mass is 538 g/mol. The molecule has 2 aromatic carbocycles. The van der Waals surface area contributed by atoms with E-state index in [0.29, 0.717) is 25.9 Å². The van der Waals surface area contributed by atoms with Gasteiger partial charge in [0, 0.05) is 29.4 Å². The SMILES string of the molecule is Cc1cccc(Cc2csc(N3CCC(S(=O)(=O)c4ccc(Br)cc4Cl)CC3)n2)c1C. The Labute approximate surface area is 201 Å². The van der Waals surface area contributed by atoms with Crippen molar-refractivity contribution in [1.82, 2.24) is 4.98 Å². The third kappa shape index (κ3) is 4.85. The number of piperidine rings is 1. The summed E-state index contributed by atoms with van der Waals surface area (Å²) in [4.78, 5) is 7.26. The van der Waals surface area contributed by atoms with Crippen molar-refractivity contribution in [2.24, 2.45) is 0 Å². The summed E-state index contributed by atoms with van der Waals surface area (Å²) in [5, 5.41) is 2.93. The molecular weight excluding hydrogens is 516 g/mol. The van der Waals surface area contributed by atoms with Gasteiger partial charge in [-0.15, -0.1) is 11.3 Å². The molecule has 1 fully saturated rings. The summed E-state index contributed by atoms with van der Waals surface area (Å²) in [6.45, 7) is 5.63. The zero-order valence-electron chi connectivity index (χ0n) is 17.4. The summed E-state index contributed by atoms with van der Waals surface area (Å²) in [5.74, 6) is 0. The second-order valence-electron chi connectivity index (χ2n) is 7.96. The molecule has 0 aliphatic carbocycles. The molecule has 1 saturated heterocycles. The number of anilines is 1. The number of benzene rings is 2. The zero-order valence-corrected chi connectivity index (χ0v) is 21.4. The smallest absolute Gasteiger partial charge is 0.185 e. The third-order valence-corrected chi connectivity index (χ3v) is 10.2. The molecule has 164 valence electrons. The van der Waals surface area contributed by atoms with Crippen LogP contribution in [0.5, 0.6) is 0 Å². The number of sulfone groups is 1. The Hall–Kier alpha value is -1.41. The summed E-state index contributed by atoms with van der Waals surface area (Å²) in [5.41, 5.74) is 4.97. The first kappa shape index (κ1) is 22.8. The maximum Gasteiger partial charge on any atom is 0.185 e. The molecule has 4 nitrogen and oxygen atoms in total. The molecular formula is C23H24BrClN2O2S2. The topological polar surface area (TPSA) is 50.3 Å². The van der Waals surface area contributed by atoms with Crippen LogP contribution >= 0.6 is 38.9 Å². The predicted octanol–water partition coefficient (Wildman–Crippen LogP) is 6.21. The van der Waals surface area contributed by atoms with E-state index in [2.05, 4.69) is 58.3 Å². The first-order valence-corrected chi connectivity index (χ1v) is 13.8. The van der Waals surface area contributed by atoms with Crippen LogP contribution in [0.4, 0.5) is 5.13 Å². The molecule has 1 aliphatic rings. The number of thiazole rings is 1. The van der Waals surface area contributed by atoms with Gasteiger partial charge in [0.15, 0.2) is 15.0 Å². The lowest BCUT2D eigenvalue weighted by molar-refractivity contribution is 0.529. The average molecular weight is 540 g/mol. The fourth-order valence-corrected chi connectivity index (χ4v) is 7.62. The molecule has 1 aliphatic heterocycles. The molecule has 3 aromatic rings. The van der Waals surface area contributed by atoms with E-state index < -0.39 is 15.1 Å². The minimum Gasteiger partial charge on any atom is -0.348 e. The lowest BCUT2D eigenvalue weighted by atomic mass is 10.0. The zero-order chi connectivity index (χ0) is 22.2. The Balaban J connectivity index is 1.43. The summed E-state index contributed by atoms with van der Waals surface area (Å²) < 4.78 is 27.0. The minimum atomic E-state index is -3.46. The van der Waals surface area contributed by atoms with E-state index in [1.165, 1.54) is 16.7 Å². The van der Waals surface area contributed by atoms with Crippen LogP contribution in [0, 0.1) is 13.8 Å². The molecule has 4 rings (SSSR count). The Morgan fingerprint density at radius 2 is 1.94 bits per heavy atom.